The predicted octanol–water partition coefficient (Wildman–Crippen LogP) is 5.01. The van der Waals surface area contributed by atoms with Crippen LogP contribution in [0.4, 0.5) is 25.4 Å². The number of anilines is 2. The number of rotatable bonds is 5. The van der Waals surface area contributed by atoms with E-state index in [1.807, 2.05) is 44.9 Å². The fraction of sp³-hybridized carbons (Fsp3) is 0.517. The molecule has 0 aliphatic carbocycles. The van der Waals surface area contributed by atoms with Gasteiger partial charge in [-0.05, 0) is 75.6 Å². The second-order valence-electron chi connectivity index (χ2n) is 11.2. The Kier molecular flexibility index (Phi) is 8.76. The summed E-state index contributed by atoms with van der Waals surface area (Å²) in [5, 5.41) is 3.44. The fourth-order valence-electron chi connectivity index (χ4n) is 4.82. The van der Waals surface area contributed by atoms with Crippen LogP contribution in [0.1, 0.15) is 39.2 Å². The summed E-state index contributed by atoms with van der Waals surface area (Å²) in [6.07, 6.45) is 1.44. The molecule has 0 saturated carbocycles. The van der Waals surface area contributed by atoms with Crippen molar-refractivity contribution in [2.45, 2.75) is 51.8 Å². The molecule has 9 heteroatoms. The predicted molar refractivity (Wildman–Crippen MR) is 148 cm³/mol. The van der Waals surface area contributed by atoms with Gasteiger partial charge in [0.2, 0.25) is 0 Å². The van der Waals surface area contributed by atoms with Gasteiger partial charge in [-0.15, -0.1) is 0 Å². The van der Waals surface area contributed by atoms with Crippen LogP contribution in [0.25, 0.3) is 0 Å². The first-order chi connectivity index (χ1) is 18.1. The van der Waals surface area contributed by atoms with Gasteiger partial charge in [0.15, 0.2) is 0 Å². The van der Waals surface area contributed by atoms with E-state index in [1.54, 1.807) is 21.9 Å². The quantitative estimate of drug-likeness (QED) is 0.594. The third-order valence-electron chi connectivity index (χ3n) is 7.02. The van der Waals surface area contributed by atoms with E-state index in [-0.39, 0.29) is 24.0 Å². The summed E-state index contributed by atoms with van der Waals surface area (Å²) in [5.74, 6) is -0.245. The van der Waals surface area contributed by atoms with Gasteiger partial charge in [-0.25, -0.2) is 14.0 Å². The van der Waals surface area contributed by atoms with Crippen molar-refractivity contribution in [3.63, 3.8) is 0 Å². The summed E-state index contributed by atoms with van der Waals surface area (Å²) >= 11 is 0. The number of nitrogens with zero attached hydrogens (tertiary/aromatic N) is 4. The summed E-state index contributed by atoms with van der Waals surface area (Å²) in [6.45, 7) is 10.7. The van der Waals surface area contributed by atoms with Crippen LogP contribution in [0.15, 0.2) is 48.5 Å². The van der Waals surface area contributed by atoms with Crippen LogP contribution in [-0.4, -0.2) is 84.8 Å². The normalized spacial score (nSPS) is 17.3. The van der Waals surface area contributed by atoms with Crippen LogP contribution in [0, 0.1) is 5.82 Å². The van der Waals surface area contributed by atoms with E-state index in [4.69, 9.17) is 4.74 Å². The molecular formula is C29H40FN5O3. The van der Waals surface area contributed by atoms with Crippen molar-refractivity contribution in [3.8, 4) is 0 Å². The molecule has 2 aromatic rings. The van der Waals surface area contributed by atoms with Crippen LogP contribution in [0.2, 0.25) is 0 Å². The van der Waals surface area contributed by atoms with Gasteiger partial charge < -0.3 is 19.9 Å². The SMILES string of the molecule is CN(C(=O)N1CCC(Nc2ccc(F)cc2)CC1)c1ccc(CN2CCN(C(=O)OC(C)(C)C)CC2)cc1. The molecule has 2 saturated heterocycles. The number of benzene rings is 2. The molecule has 3 amide bonds. The van der Waals surface area contributed by atoms with E-state index >= 15 is 0 Å². The first-order valence-corrected chi connectivity index (χ1v) is 13.4. The van der Waals surface area contributed by atoms with Gasteiger partial charge in [-0.1, -0.05) is 12.1 Å². The monoisotopic (exact) mass is 525 g/mol. The first kappa shape index (κ1) is 27.7. The number of amides is 3. The lowest BCUT2D eigenvalue weighted by molar-refractivity contribution is 0.0139. The van der Waals surface area contributed by atoms with Crippen molar-refractivity contribution in [1.29, 1.82) is 0 Å². The Hall–Kier alpha value is -3.33. The molecule has 8 nitrogen and oxygen atoms in total. The molecular weight excluding hydrogens is 485 g/mol. The largest absolute Gasteiger partial charge is 0.444 e. The minimum atomic E-state index is -0.483. The molecule has 38 heavy (non-hydrogen) atoms. The number of piperazine rings is 1. The van der Waals surface area contributed by atoms with E-state index in [9.17, 15) is 14.0 Å². The maximum absolute atomic E-state index is 13.1. The third kappa shape index (κ3) is 7.60. The highest BCUT2D eigenvalue weighted by molar-refractivity contribution is 5.91. The number of likely N-dealkylation sites (tertiary alicyclic amines) is 1. The summed E-state index contributed by atoms with van der Waals surface area (Å²) in [4.78, 5) is 33.1. The lowest BCUT2D eigenvalue weighted by atomic mass is 10.0. The number of halogens is 1. The number of urea groups is 1. The van der Waals surface area contributed by atoms with Crippen molar-refractivity contribution in [3.05, 3.63) is 59.9 Å². The van der Waals surface area contributed by atoms with Gasteiger partial charge >= 0.3 is 12.1 Å². The van der Waals surface area contributed by atoms with Crippen LogP contribution < -0.4 is 10.2 Å². The topological polar surface area (TPSA) is 68.4 Å². The molecule has 2 aliphatic heterocycles. The van der Waals surface area contributed by atoms with Gasteiger partial charge in [0.05, 0.1) is 0 Å². The minimum absolute atomic E-state index is 0.00348. The standard InChI is InChI=1S/C29H40FN5O3/c1-29(2,3)38-28(37)35-19-17-33(18-20-35)21-22-5-11-26(12-6-22)32(4)27(36)34-15-13-25(14-16-34)31-24-9-7-23(30)8-10-24/h5-12,25,31H,13-21H2,1-4H3. The van der Waals surface area contributed by atoms with Gasteiger partial charge in [0.1, 0.15) is 11.4 Å². The lowest BCUT2D eigenvalue weighted by Gasteiger charge is -2.36. The number of carbonyl (C=O) groups is 2. The fourth-order valence-corrected chi connectivity index (χ4v) is 4.82. The number of ether oxygens (including phenoxy) is 1. The van der Waals surface area contributed by atoms with E-state index in [0.29, 0.717) is 26.2 Å². The van der Waals surface area contributed by atoms with E-state index in [1.165, 1.54) is 17.7 Å². The third-order valence-corrected chi connectivity index (χ3v) is 7.02. The Morgan fingerprint density at radius 1 is 0.921 bits per heavy atom. The molecule has 0 radical (unpaired) electrons. The molecule has 0 spiro atoms. The zero-order valence-corrected chi connectivity index (χ0v) is 23.0. The summed E-state index contributed by atoms with van der Waals surface area (Å²) in [5.41, 5.74) is 2.45. The second-order valence-corrected chi connectivity index (χ2v) is 11.2. The van der Waals surface area contributed by atoms with Crippen LogP contribution >= 0.6 is 0 Å². The first-order valence-electron chi connectivity index (χ1n) is 13.4. The van der Waals surface area contributed by atoms with Crippen LogP contribution in [0.3, 0.4) is 0 Å². The smallest absolute Gasteiger partial charge is 0.410 e. The summed E-state index contributed by atoms with van der Waals surface area (Å²) in [7, 11) is 1.82. The Morgan fingerprint density at radius 3 is 2.11 bits per heavy atom. The summed E-state index contributed by atoms with van der Waals surface area (Å²) < 4.78 is 18.6. The Balaban J connectivity index is 1.21. The highest BCUT2D eigenvalue weighted by Crippen LogP contribution is 2.21. The minimum Gasteiger partial charge on any atom is -0.444 e. The molecule has 2 aliphatic rings. The number of carbonyl (C=O) groups excluding carboxylic acids is 2. The van der Waals surface area contributed by atoms with Crippen molar-refractivity contribution in [2.75, 3.05) is 56.5 Å². The molecule has 0 unspecified atom stereocenters. The zero-order chi connectivity index (χ0) is 27.3. The van der Waals surface area contributed by atoms with Crippen molar-refractivity contribution in [1.82, 2.24) is 14.7 Å². The molecule has 0 aromatic heterocycles. The Labute approximate surface area is 225 Å². The highest BCUT2D eigenvalue weighted by atomic mass is 19.1. The zero-order valence-electron chi connectivity index (χ0n) is 23.0. The van der Waals surface area contributed by atoms with Crippen molar-refractivity contribution < 1.29 is 18.7 Å². The van der Waals surface area contributed by atoms with Gasteiger partial charge in [0, 0.05) is 70.3 Å². The number of piperidine rings is 1. The Bertz CT molecular complexity index is 1070. The van der Waals surface area contributed by atoms with E-state index in [0.717, 1.165) is 43.9 Å². The van der Waals surface area contributed by atoms with E-state index in [2.05, 4.69) is 22.3 Å². The molecule has 0 bridgehead atoms. The maximum Gasteiger partial charge on any atom is 0.410 e. The molecule has 4 rings (SSSR count). The second kappa shape index (κ2) is 12.0. The van der Waals surface area contributed by atoms with Crippen LogP contribution in [-0.2, 0) is 11.3 Å². The van der Waals surface area contributed by atoms with Crippen molar-refractivity contribution >= 4 is 23.5 Å². The number of nitrogens with one attached hydrogen (secondary N) is 1. The number of hydrogen-bond acceptors (Lipinski definition) is 5. The molecule has 2 fully saturated rings. The van der Waals surface area contributed by atoms with E-state index < -0.39 is 5.60 Å². The van der Waals surface area contributed by atoms with Gasteiger partial charge in [0.25, 0.3) is 0 Å². The number of hydrogen-bond donors (Lipinski definition) is 1. The maximum atomic E-state index is 13.1. The molecule has 0 atom stereocenters. The molecule has 2 aromatic carbocycles. The molecule has 2 heterocycles. The summed E-state index contributed by atoms with van der Waals surface area (Å²) in [6, 6.07) is 14.8. The average molecular weight is 526 g/mol. The van der Waals surface area contributed by atoms with Gasteiger partial charge in [-0.3, -0.25) is 9.80 Å². The highest BCUT2D eigenvalue weighted by Gasteiger charge is 2.27. The van der Waals surface area contributed by atoms with Gasteiger partial charge in [-0.2, -0.15) is 0 Å². The average Bonchev–Trinajstić information content (AvgIpc) is 2.89. The molecule has 1 N–H and O–H groups in total. The Morgan fingerprint density at radius 2 is 1.53 bits per heavy atom. The molecule has 206 valence electrons. The van der Waals surface area contributed by atoms with Crippen molar-refractivity contribution in [2.24, 2.45) is 0 Å². The van der Waals surface area contributed by atoms with Crippen LogP contribution in [0.5, 0.6) is 0 Å². The lowest BCUT2D eigenvalue weighted by Crippen LogP contribution is -2.49.